The fourth-order valence-electron chi connectivity index (χ4n) is 3.65. The molecular weight excluding hydrogens is 316 g/mol. The van der Waals surface area contributed by atoms with Crippen LogP contribution in [0.3, 0.4) is 0 Å². The van der Waals surface area contributed by atoms with Crippen molar-refractivity contribution in [1.82, 2.24) is 10.2 Å². The fourth-order valence-corrected chi connectivity index (χ4v) is 3.65. The molecule has 0 bridgehead atoms. The van der Waals surface area contributed by atoms with Crippen LogP contribution in [0.4, 0.5) is 0 Å². The number of ether oxygens (including phenoxy) is 2. The first-order valence-corrected chi connectivity index (χ1v) is 9.46. The number of piperidine rings is 1. The van der Waals surface area contributed by atoms with Crippen molar-refractivity contribution in [3.8, 4) is 11.5 Å². The fraction of sp³-hybridized carbons (Fsp3) is 0.650. The summed E-state index contributed by atoms with van der Waals surface area (Å²) in [4.78, 5) is 14.2. The third-order valence-corrected chi connectivity index (χ3v) is 5.12. The Hall–Kier alpha value is -1.75. The first-order chi connectivity index (χ1) is 12.1. The quantitative estimate of drug-likeness (QED) is 0.911. The molecule has 1 aromatic carbocycles. The summed E-state index contributed by atoms with van der Waals surface area (Å²) in [6, 6.07) is 6.52. The lowest BCUT2D eigenvalue weighted by molar-refractivity contribution is -0.136. The molecule has 1 N–H and O–H groups in total. The van der Waals surface area contributed by atoms with Gasteiger partial charge in [-0.1, -0.05) is 32.9 Å². The Morgan fingerprint density at radius 3 is 2.88 bits per heavy atom. The van der Waals surface area contributed by atoms with E-state index in [1.54, 1.807) is 0 Å². The Bertz CT molecular complexity index is 603. The number of hydrogen-bond acceptors (Lipinski definition) is 4. The van der Waals surface area contributed by atoms with Crippen LogP contribution in [-0.4, -0.2) is 43.2 Å². The molecule has 0 spiro atoms. The SMILES string of the molecule is CC(C)C(=O)N1CC[C@@H](NCc2cccc3c2OCCCO3)[C@@H](C)C1. The Kier molecular flexibility index (Phi) is 5.84. The molecule has 0 radical (unpaired) electrons. The smallest absolute Gasteiger partial charge is 0.225 e. The molecule has 25 heavy (non-hydrogen) atoms. The lowest BCUT2D eigenvalue weighted by atomic mass is 9.92. The maximum absolute atomic E-state index is 12.2. The van der Waals surface area contributed by atoms with Gasteiger partial charge in [0, 0.05) is 43.6 Å². The van der Waals surface area contributed by atoms with Gasteiger partial charge in [0.05, 0.1) is 13.2 Å². The minimum atomic E-state index is 0.0774. The van der Waals surface area contributed by atoms with Gasteiger partial charge in [-0.15, -0.1) is 0 Å². The molecule has 2 aliphatic rings. The van der Waals surface area contributed by atoms with E-state index >= 15 is 0 Å². The molecule has 0 saturated carbocycles. The number of nitrogens with zero attached hydrogens (tertiary/aromatic N) is 1. The summed E-state index contributed by atoms with van der Waals surface area (Å²) in [5.41, 5.74) is 1.15. The Morgan fingerprint density at radius 2 is 2.12 bits per heavy atom. The van der Waals surface area contributed by atoms with E-state index in [0.717, 1.165) is 49.5 Å². The number of para-hydroxylation sites is 1. The number of amides is 1. The molecule has 2 aliphatic heterocycles. The van der Waals surface area contributed by atoms with E-state index in [9.17, 15) is 4.79 Å². The second-order valence-electron chi connectivity index (χ2n) is 7.49. The lowest BCUT2D eigenvalue weighted by Crippen LogP contribution is -2.50. The molecule has 2 heterocycles. The van der Waals surface area contributed by atoms with Gasteiger partial charge in [0.1, 0.15) is 0 Å². The van der Waals surface area contributed by atoms with Crippen molar-refractivity contribution in [1.29, 1.82) is 0 Å². The van der Waals surface area contributed by atoms with E-state index in [1.807, 2.05) is 30.9 Å². The van der Waals surface area contributed by atoms with Crippen molar-refractivity contribution >= 4 is 5.91 Å². The van der Waals surface area contributed by atoms with Gasteiger partial charge in [0.25, 0.3) is 0 Å². The number of rotatable bonds is 4. The highest BCUT2D eigenvalue weighted by Gasteiger charge is 2.29. The molecular formula is C20H30N2O3. The molecule has 1 fully saturated rings. The van der Waals surface area contributed by atoms with Gasteiger partial charge < -0.3 is 19.7 Å². The summed E-state index contributed by atoms with van der Waals surface area (Å²) in [6.45, 7) is 10.0. The number of fused-ring (bicyclic) bond motifs is 1. The number of benzene rings is 1. The van der Waals surface area contributed by atoms with Crippen molar-refractivity contribution in [2.24, 2.45) is 11.8 Å². The van der Waals surface area contributed by atoms with Crippen LogP contribution >= 0.6 is 0 Å². The van der Waals surface area contributed by atoms with E-state index in [4.69, 9.17) is 9.47 Å². The molecule has 3 rings (SSSR count). The molecule has 1 aromatic rings. The predicted molar refractivity (Wildman–Crippen MR) is 97.9 cm³/mol. The summed E-state index contributed by atoms with van der Waals surface area (Å²) >= 11 is 0. The van der Waals surface area contributed by atoms with Crippen LogP contribution in [-0.2, 0) is 11.3 Å². The number of carbonyl (C=O) groups excluding carboxylic acids is 1. The van der Waals surface area contributed by atoms with E-state index in [-0.39, 0.29) is 11.8 Å². The van der Waals surface area contributed by atoms with Gasteiger partial charge in [-0.2, -0.15) is 0 Å². The van der Waals surface area contributed by atoms with E-state index in [0.29, 0.717) is 25.2 Å². The molecule has 5 nitrogen and oxygen atoms in total. The van der Waals surface area contributed by atoms with Crippen LogP contribution in [0.15, 0.2) is 18.2 Å². The third-order valence-electron chi connectivity index (χ3n) is 5.12. The molecule has 0 aliphatic carbocycles. The van der Waals surface area contributed by atoms with Crippen LogP contribution in [0.25, 0.3) is 0 Å². The van der Waals surface area contributed by atoms with Crippen molar-refractivity contribution in [2.75, 3.05) is 26.3 Å². The average Bonchev–Trinajstić information content (AvgIpc) is 2.85. The highest BCUT2D eigenvalue weighted by Crippen LogP contribution is 2.33. The molecule has 0 aromatic heterocycles. The third kappa shape index (κ3) is 4.27. The number of likely N-dealkylation sites (tertiary alicyclic amines) is 1. The molecule has 0 unspecified atom stereocenters. The van der Waals surface area contributed by atoms with Gasteiger partial charge in [-0.25, -0.2) is 0 Å². The molecule has 1 amide bonds. The van der Waals surface area contributed by atoms with Crippen molar-refractivity contribution in [3.63, 3.8) is 0 Å². The van der Waals surface area contributed by atoms with Gasteiger partial charge in [0.2, 0.25) is 5.91 Å². The minimum Gasteiger partial charge on any atom is -0.490 e. The summed E-state index contributed by atoms with van der Waals surface area (Å²) in [5, 5.41) is 3.67. The van der Waals surface area contributed by atoms with E-state index in [2.05, 4.69) is 18.3 Å². The number of hydrogen-bond donors (Lipinski definition) is 1. The van der Waals surface area contributed by atoms with E-state index < -0.39 is 0 Å². The van der Waals surface area contributed by atoms with E-state index in [1.165, 1.54) is 0 Å². The van der Waals surface area contributed by atoms with Gasteiger partial charge in [0.15, 0.2) is 11.5 Å². The normalized spacial score (nSPS) is 23.4. The summed E-state index contributed by atoms with van der Waals surface area (Å²) in [7, 11) is 0. The molecule has 138 valence electrons. The highest BCUT2D eigenvalue weighted by atomic mass is 16.5. The summed E-state index contributed by atoms with van der Waals surface area (Å²) < 4.78 is 11.7. The monoisotopic (exact) mass is 346 g/mol. The van der Waals surface area contributed by atoms with Crippen LogP contribution in [0.1, 0.15) is 39.2 Å². The standard InChI is InChI=1S/C20H30N2O3/c1-14(2)20(23)22-9-8-17(15(3)13-22)21-12-16-6-4-7-18-19(16)25-11-5-10-24-18/h4,6-7,14-15,17,21H,5,8-13H2,1-3H3/t15-,17+/m0/s1. The highest BCUT2D eigenvalue weighted by molar-refractivity contribution is 5.78. The van der Waals surface area contributed by atoms with Crippen molar-refractivity contribution < 1.29 is 14.3 Å². The zero-order chi connectivity index (χ0) is 17.8. The minimum absolute atomic E-state index is 0.0774. The number of carbonyl (C=O) groups is 1. The van der Waals surface area contributed by atoms with Crippen LogP contribution in [0, 0.1) is 11.8 Å². The predicted octanol–water partition coefficient (Wildman–Crippen LogP) is 2.83. The zero-order valence-corrected chi connectivity index (χ0v) is 15.6. The average molecular weight is 346 g/mol. The zero-order valence-electron chi connectivity index (χ0n) is 15.6. The van der Waals surface area contributed by atoms with Gasteiger partial charge in [-0.05, 0) is 18.4 Å². The van der Waals surface area contributed by atoms with Crippen LogP contribution in [0.2, 0.25) is 0 Å². The maximum Gasteiger partial charge on any atom is 0.225 e. The second-order valence-corrected chi connectivity index (χ2v) is 7.49. The maximum atomic E-state index is 12.2. The summed E-state index contributed by atoms with van der Waals surface area (Å²) in [5.74, 6) is 2.52. The Morgan fingerprint density at radius 1 is 1.32 bits per heavy atom. The van der Waals surface area contributed by atoms with Gasteiger partial charge >= 0.3 is 0 Å². The first kappa shape index (κ1) is 18.1. The topological polar surface area (TPSA) is 50.8 Å². The Labute approximate surface area is 150 Å². The number of nitrogens with one attached hydrogen (secondary N) is 1. The first-order valence-electron chi connectivity index (χ1n) is 9.46. The second kappa shape index (κ2) is 8.09. The van der Waals surface area contributed by atoms with Crippen LogP contribution in [0.5, 0.6) is 11.5 Å². The summed E-state index contributed by atoms with van der Waals surface area (Å²) in [6.07, 6.45) is 1.91. The van der Waals surface area contributed by atoms with Crippen molar-refractivity contribution in [2.45, 2.75) is 46.2 Å². The molecule has 1 saturated heterocycles. The Balaban J connectivity index is 1.59. The molecule has 2 atom stereocenters. The van der Waals surface area contributed by atoms with Gasteiger partial charge in [-0.3, -0.25) is 4.79 Å². The molecule has 5 heteroatoms. The van der Waals surface area contributed by atoms with Crippen molar-refractivity contribution in [3.05, 3.63) is 23.8 Å². The van der Waals surface area contributed by atoms with Crippen LogP contribution < -0.4 is 14.8 Å². The largest absolute Gasteiger partial charge is 0.490 e. The lowest BCUT2D eigenvalue weighted by Gasteiger charge is -2.38.